The Hall–Kier alpha value is -0.850. The van der Waals surface area contributed by atoms with Gasteiger partial charge in [-0.05, 0) is 6.42 Å². The van der Waals surface area contributed by atoms with Crippen molar-refractivity contribution in [3.05, 3.63) is 0 Å². The van der Waals surface area contributed by atoms with Gasteiger partial charge in [0.2, 0.25) is 0 Å². The zero-order valence-electron chi connectivity index (χ0n) is 9.69. The van der Waals surface area contributed by atoms with E-state index >= 15 is 0 Å². The molecule has 0 aromatic heterocycles. The van der Waals surface area contributed by atoms with Crippen molar-refractivity contribution >= 4 is 23.3 Å². The number of unbranched alkanes of at least 4 members (excludes halogenated alkanes) is 1. The molecule has 0 heterocycles. The van der Waals surface area contributed by atoms with E-state index in [0.717, 1.165) is 0 Å². The van der Waals surface area contributed by atoms with Crippen molar-refractivity contribution in [3.8, 4) is 0 Å². The second-order valence-corrected chi connectivity index (χ2v) is 3.96. The molecular formula is C10H14ClF4NO2. The highest BCUT2D eigenvalue weighted by Gasteiger charge is 2.49. The van der Waals surface area contributed by atoms with Gasteiger partial charge < -0.3 is 5.32 Å². The van der Waals surface area contributed by atoms with Gasteiger partial charge in [0.1, 0.15) is 0 Å². The highest BCUT2D eigenvalue weighted by molar-refractivity contribution is 6.28. The van der Waals surface area contributed by atoms with E-state index in [1.807, 2.05) is 0 Å². The van der Waals surface area contributed by atoms with Crippen molar-refractivity contribution in [2.75, 3.05) is 5.88 Å². The lowest BCUT2D eigenvalue weighted by Crippen LogP contribution is -2.51. The fraction of sp³-hybridized carbons (Fsp3) is 0.800. The van der Waals surface area contributed by atoms with Crippen LogP contribution in [0.2, 0.25) is 0 Å². The summed E-state index contributed by atoms with van der Waals surface area (Å²) in [6.45, 7) is 1.79. The molecule has 0 bridgehead atoms. The van der Waals surface area contributed by atoms with Crippen LogP contribution < -0.4 is 5.32 Å². The molecule has 0 saturated carbocycles. The van der Waals surface area contributed by atoms with Gasteiger partial charge >= 0.3 is 12.3 Å². The number of nitrogens with one attached hydrogen (secondary N) is 1. The fourth-order valence-electron chi connectivity index (χ4n) is 1.17. The van der Waals surface area contributed by atoms with Gasteiger partial charge in [0, 0.05) is 0 Å². The van der Waals surface area contributed by atoms with Crippen molar-refractivity contribution in [1.29, 1.82) is 0 Å². The minimum Gasteiger partial charge on any atom is -0.341 e. The lowest BCUT2D eigenvalue weighted by atomic mass is 10.1. The van der Waals surface area contributed by atoms with E-state index in [1.165, 1.54) is 0 Å². The molecule has 1 atom stereocenters. The van der Waals surface area contributed by atoms with Gasteiger partial charge in [-0.3, -0.25) is 9.59 Å². The zero-order valence-corrected chi connectivity index (χ0v) is 10.4. The lowest BCUT2D eigenvalue weighted by Gasteiger charge is -2.20. The molecule has 106 valence electrons. The van der Waals surface area contributed by atoms with E-state index in [2.05, 4.69) is 0 Å². The van der Waals surface area contributed by atoms with Crippen molar-refractivity contribution in [2.45, 2.75) is 44.6 Å². The van der Waals surface area contributed by atoms with Gasteiger partial charge in [-0.2, -0.15) is 8.78 Å². The smallest absolute Gasteiger partial charge is 0.341 e. The standard InChI is InChI=1S/C10H14ClF4NO2/c1-2-3-4-6(7(17)5-11)16-9(18)10(14,15)8(12)13/h6,8H,2-5H2,1H3,(H,16,18). The van der Waals surface area contributed by atoms with E-state index in [1.54, 1.807) is 12.2 Å². The maximum atomic E-state index is 12.7. The number of ketones is 1. The Bertz CT molecular complexity index is 300. The Morgan fingerprint density at radius 3 is 2.28 bits per heavy atom. The first-order valence-electron chi connectivity index (χ1n) is 5.32. The third-order valence-electron chi connectivity index (χ3n) is 2.25. The van der Waals surface area contributed by atoms with Gasteiger partial charge in [-0.1, -0.05) is 19.8 Å². The van der Waals surface area contributed by atoms with E-state index in [9.17, 15) is 27.2 Å². The van der Waals surface area contributed by atoms with Gasteiger partial charge in [-0.15, -0.1) is 11.6 Å². The number of hydrogen-bond donors (Lipinski definition) is 1. The van der Waals surface area contributed by atoms with Gasteiger partial charge in [0.05, 0.1) is 11.9 Å². The monoisotopic (exact) mass is 291 g/mol. The van der Waals surface area contributed by atoms with Crippen molar-refractivity contribution in [3.63, 3.8) is 0 Å². The number of amides is 1. The van der Waals surface area contributed by atoms with Crippen LogP contribution in [-0.2, 0) is 9.59 Å². The quantitative estimate of drug-likeness (QED) is 0.551. The van der Waals surface area contributed by atoms with Crippen LogP contribution in [0.25, 0.3) is 0 Å². The molecule has 0 rings (SSSR count). The number of carbonyl (C=O) groups excluding carboxylic acids is 2. The van der Waals surface area contributed by atoms with E-state index in [4.69, 9.17) is 11.6 Å². The molecule has 3 nitrogen and oxygen atoms in total. The van der Waals surface area contributed by atoms with Crippen molar-refractivity contribution in [2.24, 2.45) is 0 Å². The van der Waals surface area contributed by atoms with E-state index in [-0.39, 0.29) is 6.42 Å². The summed E-state index contributed by atoms with van der Waals surface area (Å²) in [5, 5.41) is 1.62. The lowest BCUT2D eigenvalue weighted by molar-refractivity contribution is -0.170. The van der Waals surface area contributed by atoms with Crippen LogP contribution in [0.3, 0.4) is 0 Å². The number of carbonyl (C=O) groups is 2. The molecule has 0 saturated heterocycles. The summed E-state index contributed by atoms with van der Waals surface area (Å²) in [4.78, 5) is 22.2. The molecule has 0 aliphatic rings. The first-order chi connectivity index (χ1) is 8.27. The third-order valence-corrected chi connectivity index (χ3v) is 2.51. The molecule has 1 unspecified atom stereocenters. The van der Waals surface area contributed by atoms with Gasteiger partial charge in [0.15, 0.2) is 5.78 Å². The zero-order chi connectivity index (χ0) is 14.3. The highest BCUT2D eigenvalue weighted by atomic mass is 35.5. The second-order valence-electron chi connectivity index (χ2n) is 3.69. The molecule has 0 fully saturated rings. The Morgan fingerprint density at radius 1 is 1.33 bits per heavy atom. The van der Waals surface area contributed by atoms with Crippen LogP contribution in [-0.4, -0.2) is 36.0 Å². The van der Waals surface area contributed by atoms with Crippen molar-refractivity contribution < 1.29 is 27.2 Å². The van der Waals surface area contributed by atoms with E-state index < -0.39 is 36.0 Å². The third kappa shape index (κ3) is 4.80. The molecule has 0 aromatic carbocycles. The Morgan fingerprint density at radius 2 is 1.89 bits per heavy atom. The average molecular weight is 292 g/mol. The predicted octanol–water partition coefficient (Wildman–Crippen LogP) is 2.37. The molecule has 1 amide bonds. The molecule has 0 aliphatic carbocycles. The summed E-state index contributed by atoms with van der Waals surface area (Å²) in [6.07, 6.45) is -2.89. The molecule has 0 spiro atoms. The Labute approximate surface area is 107 Å². The van der Waals surface area contributed by atoms with Crippen LogP contribution >= 0.6 is 11.6 Å². The van der Waals surface area contributed by atoms with Gasteiger partial charge in [-0.25, -0.2) is 8.78 Å². The number of hydrogen-bond acceptors (Lipinski definition) is 2. The minimum atomic E-state index is -4.81. The SMILES string of the molecule is CCCCC(NC(=O)C(F)(F)C(F)F)C(=O)CCl. The van der Waals surface area contributed by atoms with Crippen LogP contribution in [0.15, 0.2) is 0 Å². The van der Waals surface area contributed by atoms with Crippen LogP contribution in [0, 0.1) is 0 Å². The highest BCUT2D eigenvalue weighted by Crippen LogP contribution is 2.23. The fourth-order valence-corrected chi connectivity index (χ4v) is 1.35. The first-order valence-corrected chi connectivity index (χ1v) is 5.86. The molecule has 18 heavy (non-hydrogen) atoms. The normalized spacial score (nSPS) is 13.5. The van der Waals surface area contributed by atoms with E-state index in [0.29, 0.717) is 12.8 Å². The summed E-state index contributed by atoms with van der Waals surface area (Å²) in [5.74, 6) is -8.12. The first kappa shape index (κ1) is 17.2. The summed E-state index contributed by atoms with van der Waals surface area (Å²) in [5.41, 5.74) is 0. The summed E-state index contributed by atoms with van der Waals surface area (Å²) < 4.78 is 49.2. The molecule has 1 N–H and O–H groups in total. The van der Waals surface area contributed by atoms with Crippen LogP contribution in [0.4, 0.5) is 17.6 Å². The summed E-state index contributed by atoms with van der Waals surface area (Å²) in [7, 11) is 0. The molecule has 0 radical (unpaired) electrons. The maximum absolute atomic E-state index is 12.7. The van der Waals surface area contributed by atoms with Crippen LogP contribution in [0.5, 0.6) is 0 Å². The van der Waals surface area contributed by atoms with Crippen molar-refractivity contribution in [1.82, 2.24) is 5.32 Å². The largest absolute Gasteiger partial charge is 0.383 e. The molecule has 0 aliphatic heterocycles. The average Bonchev–Trinajstić information content (AvgIpc) is 2.32. The summed E-state index contributed by atoms with van der Waals surface area (Å²) >= 11 is 5.25. The number of alkyl halides is 5. The van der Waals surface area contributed by atoms with Crippen LogP contribution in [0.1, 0.15) is 26.2 Å². The number of Topliss-reactive ketones (excluding diaryl/α,β-unsaturated/α-hetero) is 1. The topological polar surface area (TPSA) is 46.2 Å². The maximum Gasteiger partial charge on any atom is 0.383 e. The Balaban J connectivity index is 4.67. The Kier molecular flexibility index (Phi) is 7.20. The second kappa shape index (κ2) is 7.56. The summed E-state index contributed by atoms with van der Waals surface area (Å²) in [6, 6.07) is -1.25. The van der Waals surface area contributed by atoms with Gasteiger partial charge in [0.25, 0.3) is 5.91 Å². The molecule has 8 heteroatoms. The number of rotatable bonds is 8. The predicted molar refractivity (Wildman–Crippen MR) is 58.1 cm³/mol. The molecular weight excluding hydrogens is 278 g/mol. The minimum absolute atomic E-state index is 0.0904. The molecule has 0 aromatic rings. The number of halogens is 5.